The van der Waals surface area contributed by atoms with E-state index in [9.17, 15) is 4.79 Å². The minimum Gasteiger partial charge on any atom is -0.354 e. The molecule has 1 aliphatic carbocycles. The first kappa shape index (κ1) is 16.2. The van der Waals surface area contributed by atoms with E-state index in [1.54, 1.807) is 20.3 Å². The number of hydrogen-bond donors (Lipinski definition) is 1. The first-order chi connectivity index (χ1) is 11.1. The minimum atomic E-state index is -0.469. The van der Waals surface area contributed by atoms with Crippen LogP contribution in [-0.2, 0) is 22.3 Å². The molecule has 1 aromatic carbocycles. The maximum atomic E-state index is 12.8. The molecule has 0 radical (unpaired) electrons. The van der Waals surface area contributed by atoms with Gasteiger partial charge in [-0.05, 0) is 43.0 Å². The highest BCUT2D eigenvalue weighted by Gasteiger charge is 2.24. The van der Waals surface area contributed by atoms with Gasteiger partial charge in [-0.1, -0.05) is 11.6 Å². The average Bonchev–Trinajstić information content (AvgIpc) is 3.01. The number of benzene rings is 1. The van der Waals surface area contributed by atoms with E-state index >= 15 is 0 Å². The van der Waals surface area contributed by atoms with Crippen LogP contribution in [0.2, 0.25) is 5.02 Å². The smallest absolute Gasteiger partial charge is 0.252 e. The molecular weight excluding hydrogens is 316 g/mol. The molecule has 6 heteroatoms. The maximum absolute atomic E-state index is 12.8. The standard InChI is InChI=1S/C17H19ClN2O3/c1-22-15(23-2)9-19-17(21)16-11-4-3-5-13(11)20-14-7-6-10(18)8-12(14)16/h6-8,15H,3-5,9H2,1-2H3,(H,19,21). The van der Waals surface area contributed by atoms with Gasteiger partial charge in [-0.2, -0.15) is 0 Å². The predicted molar refractivity (Wildman–Crippen MR) is 88.9 cm³/mol. The third-order valence-electron chi connectivity index (χ3n) is 4.16. The minimum absolute atomic E-state index is 0.142. The first-order valence-corrected chi connectivity index (χ1v) is 7.96. The molecular formula is C17H19ClN2O3. The topological polar surface area (TPSA) is 60.5 Å². The number of methoxy groups -OCH3 is 2. The number of carbonyl (C=O) groups is 1. The zero-order chi connectivity index (χ0) is 16.4. The van der Waals surface area contributed by atoms with Crippen molar-refractivity contribution in [2.75, 3.05) is 20.8 Å². The summed E-state index contributed by atoms with van der Waals surface area (Å²) in [6, 6.07) is 5.47. The highest BCUT2D eigenvalue weighted by Crippen LogP contribution is 2.31. The zero-order valence-electron chi connectivity index (χ0n) is 13.2. The lowest BCUT2D eigenvalue weighted by molar-refractivity contribution is -0.0974. The molecule has 1 aliphatic rings. The van der Waals surface area contributed by atoms with Crippen molar-refractivity contribution < 1.29 is 14.3 Å². The van der Waals surface area contributed by atoms with Gasteiger partial charge in [-0.15, -0.1) is 0 Å². The van der Waals surface area contributed by atoms with Crippen molar-refractivity contribution in [3.05, 3.63) is 40.0 Å². The number of amides is 1. The van der Waals surface area contributed by atoms with Gasteiger partial charge in [0.1, 0.15) is 0 Å². The van der Waals surface area contributed by atoms with Crippen molar-refractivity contribution in [2.45, 2.75) is 25.6 Å². The number of halogens is 1. The lowest BCUT2D eigenvalue weighted by Gasteiger charge is -2.16. The van der Waals surface area contributed by atoms with Crippen LogP contribution in [0.3, 0.4) is 0 Å². The number of aryl methyl sites for hydroxylation is 1. The Morgan fingerprint density at radius 3 is 2.87 bits per heavy atom. The fourth-order valence-electron chi connectivity index (χ4n) is 3.02. The number of nitrogens with zero attached hydrogens (tertiary/aromatic N) is 1. The van der Waals surface area contributed by atoms with E-state index in [0.29, 0.717) is 10.6 Å². The van der Waals surface area contributed by atoms with E-state index < -0.39 is 6.29 Å². The number of pyridine rings is 1. The molecule has 0 saturated heterocycles. The SMILES string of the molecule is COC(CNC(=O)c1c2c(nc3ccc(Cl)cc13)CCC2)OC. The molecule has 1 aromatic heterocycles. The van der Waals surface area contributed by atoms with E-state index in [-0.39, 0.29) is 12.5 Å². The first-order valence-electron chi connectivity index (χ1n) is 7.59. The molecule has 0 aliphatic heterocycles. The molecule has 122 valence electrons. The van der Waals surface area contributed by atoms with Crippen LogP contribution in [0, 0.1) is 0 Å². The van der Waals surface area contributed by atoms with E-state index in [1.807, 2.05) is 12.1 Å². The van der Waals surface area contributed by atoms with Gasteiger partial charge >= 0.3 is 0 Å². The monoisotopic (exact) mass is 334 g/mol. The summed E-state index contributed by atoms with van der Waals surface area (Å²) in [5.41, 5.74) is 3.52. The summed E-state index contributed by atoms with van der Waals surface area (Å²) in [5, 5.41) is 4.27. The molecule has 0 bridgehead atoms. The summed E-state index contributed by atoms with van der Waals surface area (Å²) in [6.07, 6.45) is 2.33. The summed E-state index contributed by atoms with van der Waals surface area (Å²) >= 11 is 6.12. The summed E-state index contributed by atoms with van der Waals surface area (Å²) in [4.78, 5) is 17.5. The molecule has 0 spiro atoms. The van der Waals surface area contributed by atoms with Crippen molar-refractivity contribution in [2.24, 2.45) is 0 Å². The maximum Gasteiger partial charge on any atom is 0.252 e. The molecule has 0 unspecified atom stereocenters. The van der Waals surface area contributed by atoms with Gasteiger partial charge in [0.25, 0.3) is 5.91 Å². The van der Waals surface area contributed by atoms with Crippen LogP contribution >= 0.6 is 11.6 Å². The van der Waals surface area contributed by atoms with Crippen molar-refractivity contribution in [3.8, 4) is 0 Å². The van der Waals surface area contributed by atoms with Crippen LogP contribution in [0.4, 0.5) is 0 Å². The van der Waals surface area contributed by atoms with E-state index in [4.69, 9.17) is 21.1 Å². The molecule has 3 rings (SSSR count). The average molecular weight is 335 g/mol. The van der Waals surface area contributed by atoms with Gasteiger partial charge in [-0.25, -0.2) is 0 Å². The summed E-state index contributed by atoms with van der Waals surface area (Å²) < 4.78 is 10.2. The molecule has 5 nitrogen and oxygen atoms in total. The van der Waals surface area contributed by atoms with Gasteiger partial charge in [-0.3, -0.25) is 9.78 Å². The molecule has 0 saturated carbocycles. The Morgan fingerprint density at radius 2 is 2.13 bits per heavy atom. The van der Waals surface area contributed by atoms with Gasteiger partial charge < -0.3 is 14.8 Å². The largest absolute Gasteiger partial charge is 0.354 e. The second kappa shape index (κ2) is 6.83. The molecule has 1 heterocycles. The number of nitrogens with one attached hydrogen (secondary N) is 1. The van der Waals surface area contributed by atoms with Gasteiger partial charge in [0.15, 0.2) is 6.29 Å². The normalized spacial score (nSPS) is 13.6. The van der Waals surface area contributed by atoms with Crippen LogP contribution in [-0.4, -0.2) is 37.9 Å². The quantitative estimate of drug-likeness (QED) is 0.854. The number of aromatic nitrogens is 1. The van der Waals surface area contributed by atoms with Crippen molar-refractivity contribution in [1.82, 2.24) is 10.3 Å². The Balaban J connectivity index is 2.01. The Labute approximate surface area is 139 Å². The fraction of sp³-hybridized carbons (Fsp3) is 0.412. The van der Waals surface area contributed by atoms with E-state index in [1.165, 1.54) is 0 Å². The van der Waals surface area contributed by atoms with Gasteiger partial charge in [0.2, 0.25) is 0 Å². The molecule has 0 fully saturated rings. The van der Waals surface area contributed by atoms with Crippen molar-refractivity contribution in [1.29, 1.82) is 0 Å². The number of fused-ring (bicyclic) bond motifs is 2. The van der Waals surface area contributed by atoms with Crippen LogP contribution in [0.15, 0.2) is 18.2 Å². The Bertz CT molecular complexity index is 744. The highest BCUT2D eigenvalue weighted by atomic mass is 35.5. The van der Waals surface area contributed by atoms with E-state index in [0.717, 1.165) is 41.4 Å². The van der Waals surface area contributed by atoms with Crippen LogP contribution in [0.5, 0.6) is 0 Å². The van der Waals surface area contributed by atoms with Crippen LogP contribution in [0.25, 0.3) is 10.9 Å². The van der Waals surface area contributed by atoms with E-state index in [2.05, 4.69) is 10.3 Å². The van der Waals surface area contributed by atoms with Crippen LogP contribution in [0.1, 0.15) is 28.0 Å². The molecule has 1 N–H and O–H groups in total. The zero-order valence-corrected chi connectivity index (χ0v) is 13.9. The summed E-state index contributed by atoms with van der Waals surface area (Å²) in [6.45, 7) is 0.283. The summed E-state index contributed by atoms with van der Waals surface area (Å²) in [7, 11) is 3.08. The molecule has 2 aromatic rings. The lowest BCUT2D eigenvalue weighted by Crippen LogP contribution is -2.34. The van der Waals surface area contributed by atoms with Gasteiger partial charge in [0, 0.05) is 30.3 Å². The fourth-order valence-corrected chi connectivity index (χ4v) is 3.19. The van der Waals surface area contributed by atoms with Crippen LogP contribution < -0.4 is 5.32 Å². The highest BCUT2D eigenvalue weighted by molar-refractivity contribution is 6.31. The number of hydrogen-bond acceptors (Lipinski definition) is 4. The third-order valence-corrected chi connectivity index (χ3v) is 4.39. The second-order valence-corrected chi connectivity index (χ2v) is 5.97. The molecule has 1 amide bonds. The summed E-state index contributed by atoms with van der Waals surface area (Å²) in [5.74, 6) is -0.142. The second-order valence-electron chi connectivity index (χ2n) is 5.54. The number of carbonyl (C=O) groups excluding carboxylic acids is 1. The lowest BCUT2D eigenvalue weighted by atomic mass is 10.0. The van der Waals surface area contributed by atoms with Crippen molar-refractivity contribution >= 4 is 28.4 Å². The predicted octanol–water partition coefficient (Wildman–Crippen LogP) is 2.73. The Hall–Kier alpha value is -1.69. The third kappa shape index (κ3) is 3.17. The molecule has 0 atom stereocenters. The van der Waals surface area contributed by atoms with Crippen molar-refractivity contribution in [3.63, 3.8) is 0 Å². The Morgan fingerprint density at radius 1 is 1.35 bits per heavy atom. The molecule has 23 heavy (non-hydrogen) atoms. The van der Waals surface area contributed by atoms with Gasteiger partial charge in [0.05, 0.1) is 17.6 Å². The Kier molecular flexibility index (Phi) is 4.80. The number of ether oxygens (including phenoxy) is 2. The number of rotatable bonds is 5.